The summed E-state index contributed by atoms with van der Waals surface area (Å²) in [4.78, 5) is 0. The van der Waals surface area contributed by atoms with E-state index in [1.807, 2.05) is 6.92 Å². The molecule has 3 heteroatoms. The molecule has 0 amide bonds. The van der Waals surface area contributed by atoms with Gasteiger partial charge in [0.1, 0.15) is 0 Å². The molecule has 3 saturated carbocycles. The number of ether oxygens (including phenoxy) is 1. The lowest BCUT2D eigenvalue weighted by Crippen LogP contribution is -2.51. The van der Waals surface area contributed by atoms with Gasteiger partial charge in [-0.05, 0) is 81.5 Å². The third-order valence-corrected chi connectivity index (χ3v) is 9.07. The largest absolute Gasteiger partial charge is 0.393 e. The standard InChI is InChI=1S/C21H32O3/c1-19-9-7-14(22)11-13(19)3-4-15-16(19)8-10-21-12-24-20(2,23)18(21)6-5-17(15)21/h3,14-18,22-23H,4-12H2,1-2H3/t14?,15-,16+,17+,18-,19+,20?,21-/m1/s1. The summed E-state index contributed by atoms with van der Waals surface area (Å²) < 4.78 is 5.90. The quantitative estimate of drug-likeness (QED) is 0.666. The monoisotopic (exact) mass is 332 g/mol. The SMILES string of the molecule is CC1(O)OC[C@]23CC[C@H]4[C@@H](CC=C5CC(O)CC[C@@]54C)[C@@H]2CC[C@H]13. The third-order valence-electron chi connectivity index (χ3n) is 9.07. The van der Waals surface area contributed by atoms with Crippen LogP contribution < -0.4 is 0 Å². The van der Waals surface area contributed by atoms with Crippen molar-refractivity contribution < 1.29 is 14.9 Å². The highest BCUT2D eigenvalue weighted by molar-refractivity contribution is 5.26. The Bertz CT molecular complexity index is 582. The molecule has 1 saturated heterocycles. The van der Waals surface area contributed by atoms with Gasteiger partial charge in [0, 0.05) is 11.3 Å². The van der Waals surface area contributed by atoms with Gasteiger partial charge in [-0.1, -0.05) is 18.6 Å². The third kappa shape index (κ3) is 1.84. The lowest BCUT2D eigenvalue weighted by molar-refractivity contribution is -0.180. The Hall–Kier alpha value is -0.380. The fourth-order valence-electron chi connectivity index (χ4n) is 7.91. The second kappa shape index (κ2) is 4.86. The molecule has 134 valence electrons. The first-order valence-corrected chi connectivity index (χ1v) is 10.1. The molecule has 1 heterocycles. The van der Waals surface area contributed by atoms with Gasteiger partial charge in [0.25, 0.3) is 0 Å². The number of aliphatic hydroxyl groups excluding tert-OH is 1. The summed E-state index contributed by atoms with van der Waals surface area (Å²) in [5.74, 6) is 1.67. The normalized spacial score (nSPS) is 59.2. The van der Waals surface area contributed by atoms with Crippen molar-refractivity contribution >= 4 is 0 Å². The van der Waals surface area contributed by atoms with Gasteiger partial charge < -0.3 is 14.9 Å². The van der Waals surface area contributed by atoms with Crippen LogP contribution in [0.1, 0.15) is 65.2 Å². The van der Waals surface area contributed by atoms with Gasteiger partial charge in [-0.3, -0.25) is 0 Å². The van der Waals surface area contributed by atoms with Crippen LogP contribution in [0, 0.1) is 34.5 Å². The zero-order valence-corrected chi connectivity index (χ0v) is 15.1. The molecule has 5 aliphatic rings. The summed E-state index contributed by atoms with van der Waals surface area (Å²) in [6, 6.07) is 0. The zero-order valence-electron chi connectivity index (χ0n) is 15.1. The van der Waals surface area contributed by atoms with E-state index in [0.29, 0.717) is 11.3 Å². The van der Waals surface area contributed by atoms with Crippen molar-refractivity contribution in [1.29, 1.82) is 0 Å². The van der Waals surface area contributed by atoms with Crippen molar-refractivity contribution in [3.63, 3.8) is 0 Å². The molecule has 0 aromatic carbocycles. The van der Waals surface area contributed by atoms with Gasteiger partial charge in [0.2, 0.25) is 0 Å². The summed E-state index contributed by atoms with van der Waals surface area (Å²) in [6.45, 7) is 5.14. The van der Waals surface area contributed by atoms with Crippen LogP contribution in [-0.2, 0) is 4.74 Å². The minimum atomic E-state index is -0.907. The van der Waals surface area contributed by atoms with Crippen LogP contribution in [0.5, 0.6) is 0 Å². The molecule has 0 radical (unpaired) electrons. The number of hydrogen-bond acceptors (Lipinski definition) is 3. The van der Waals surface area contributed by atoms with E-state index in [0.717, 1.165) is 50.0 Å². The Morgan fingerprint density at radius 3 is 2.75 bits per heavy atom. The van der Waals surface area contributed by atoms with Crippen LogP contribution in [0.25, 0.3) is 0 Å². The Labute approximate surface area is 145 Å². The first-order chi connectivity index (χ1) is 11.4. The predicted octanol–water partition coefficient (Wildman–Crippen LogP) is 3.65. The number of fused-ring (bicyclic) bond motifs is 4. The Balaban J connectivity index is 1.50. The van der Waals surface area contributed by atoms with Gasteiger partial charge in [0.15, 0.2) is 5.79 Å². The van der Waals surface area contributed by atoms with E-state index in [9.17, 15) is 10.2 Å². The molecular weight excluding hydrogens is 300 g/mol. The van der Waals surface area contributed by atoms with Crippen LogP contribution in [0.3, 0.4) is 0 Å². The van der Waals surface area contributed by atoms with Gasteiger partial charge in [-0.15, -0.1) is 0 Å². The van der Waals surface area contributed by atoms with Crippen LogP contribution >= 0.6 is 0 Å². The average molecular weight is 332 g/mol. The molecule has 0 aromatic rings. The second-order valence-electron chi connectivity index (χ2n) is 9.90. The van der Waals surface area contributed by atoms with Crippen molar-refractivity contribution in [3.05, 3.63) is 11.6 Å². The van der Waals surface area contributed by atoms with E-state index < -0.39 is 5.79 Å². The minimum absolute atomic E-state index is 0.120. The van der Waals surface area contributed by atoms with Crippen molar-refractivity contribution in [2.45, 2.75) is 77.1 Å². The van der Waals surface area contributed by atoms with E-state index in [2.05, 4.69) is 13.0 Å². The fraction of sp³-hybridized carbons (Fsp3) is 0.905. The van der Waals surface area contributed by atoms with Gasteiger partial charge in [0.05, 0.1) is 12.7 Å². The molecule has 24 heavy (non-hydrogen) atoms. The molecule has 2 N–H and O–H groups in total. The van der Waals surface area contributed by atoms with Gasteiger partial charge >= 0.3 is 0 Å². The Morgan fingerprint density at radius 2 is 1.92 bits per heavy atom. The summed E-state index contributed by atoms with van der Waals surface area (Å²) >= 11 is 0. The van der Waals surface area contributed by atoms with Crippen LogP contribution in [-0.4, -0.2) is 28.7 Å². The van der Waals surface area contributed by atoms with E-state index in [1.54, 1.807) is 5.57 Å². The number of allylic oxidation sites excluding steroid dienone is 1. The van der Waals surface area contributed by atoms with Gasteiger partial charge in [-0.2, -0.15) is 0 Å². The smallest absolute Gasteiger partial charge is 0.166 e. The van der Waals surface area contributed by atoms with E-state index in [-0.39, 0.29) is 11.5 Å². The molecule has 8 atom stereocenters. The molecule has 1 spiro atoms. The molecule has 1 aliphatic heterocycles. The Kier molecular flexibility index (Phi) is 3.21. The number of aliphatic hydroxyl groups is 2. The summed E-state index contributed by atoms with van der Waals surface area (Å²) in [5.41, 5.74) is 2.09. The lowest BCUT2D eigenvalue weighted by atomic mass is 9.47. The highest BCUT2D eigenvalue weighted by atomic mass is 16.6. The van der Waals surface area contributed by atoms with Crippen molar-refractivity contribution in [2.24, 2.45) is 34.5 Å². The van der Waals surface area contributed by atoms with Crippen molar-refractivity contribution in [1.82, 2.24) is 0 Å². The summed E-state index contributed by atoms with van der Waals surface area (Å²) in [5, 5.41) is 20.8. The average Bonchev–Trinajstić information content (AvgIpc) is 3.04. The minimum Gasteiger partial charge on any atom is -0.393 e. The van der Waals surface area contributed by atoms with Crippen LogP contribution in [0.4, 0.5) is 0 Å². The van der Waals surface area contributed by atoms with Crippen molar-refractivity contribution in [2.75, 3.05) is 6.61 Å². The van der Waals surface area contributed by atoms with Gasteiger partial charge in [-0.25, -0.2) is 0 Å². The number of hydrogen-bond donors (Lipinski definition) is 2. The molecule has 2 unspecified atom stereocenters. The van der Waals surface area contributed by atoms with Crippen molar-refractivity contribution in [3.8, 4) is 0 Å². The maximum Gasteiger partial charge on any atom is 0.166 e. The maximum atomic E-state index is 10.7. The molecular formula is C21H32O3. The molecule has 0 aromatic heterocycles. The highest BCUT2D eigenvalue weighted by Gasteiger charge is 2.66. The van der Waals surface area contributed by atoms with E-state index in [4.69, 9.17) is 4.74 Å². The molecule has 3 nitrogen and oxygen atoms in total. The number of rotatable bonds is 0. The van der Waals surface area contributed by atoms with E-state index >= 15 is 0 Å². The fourth-order valence-corrected chi connectivity index (χ4v) is 7.91. The van der Waals surface area contributed by atoms with E-state index in [1.165, 1.54) is 25.7 Å². The molecule has 0 bridgehead atoms. The maximum absolute atomic E-state index is 10.7. The first kappa shape index (κ1) is 15.8. The Morgan fingerprint density at radius 1 is 1.08 bits per heavy atom. The topological polar surface area (TPSA) is 49.7 Å². The second-order valence-corrected chi connectivity index (χ2v) is 9.90. The highest BCUT2D eigenvalue weighted by Crippen LogP contribution is 2.69. The van der Waals surface area contributed by atoms with Crippen LogP contribution in [0.15, 0.2) is 11.6 Å². The first-order valence-electron chi connectivity index (χ1n) is 10.1. The summed E-state index contributed by atoms with van der Waals surface area (Å²) in [7, 11) is 0. The van der Waals surface area contributed by atoms with Crippen LogP contribution in [0.2, 0.25) is 0 Å². The predicted molar refractivity (Wildman–Crippen MR) is 92.1 cm³/mol. The molecule has 4 fully saturated rings. The summed E-state index contributed by atoms with van der Waals surface area (Å²) in [6.07, 6.45) is 11.5. The zero-order chi connectivity index (χ0) is 16.7. The molecule has 4 aliphatic carbocycles. The lowest BCUT2D eigenvalue weighted by Gasteiger charge is -2.57. The molecule has 5 rings (SSSR count).